The van der Waals surface area contributed by atoms with Crippen molar-refractivity contribution in [1.29, 1.82) is 0 Å². The van der Waals surface area contributed by atoms with Crippen molar-refractivity contribution in [3.63, 3.8) is 0 Å². The van der Waals surface area contributed by atoms with Crippen molar-refractivity contribution in [3.05, 3.63) is 28.6 Å². The van der Waals surface area contributed by atoms with Crippen molar-refractivity contribution in [2.75, 3.05) is 7.05 Å². The van der Waals surface area contributed by atoms with Gasteiger partial charge in [-0.25, -0.2) is 0 Å². The Bertz CT molecular complexity index is 304. The Morgan fingerprint density at radius 2 is 2.42 bits per heavy atom. The molecule has 0 bridgehead atoms. The number of amides is 1. The van der Waals surface area contributed by atoms with Crippen LogP contribution in [0.3, 0.4) is 0 Å². The molecule has 0 radical (unpaired) electrons. The van der Waals surface area contributed by atoms with Crippen LogP contribution in [-0.2, 0) is 4.79 Å². The zero-order chi connectivity index (χ0) is 8.97. The first-order valence-electron chi connectivity index (χ1n) is 3.37. The fourth-order valence-electron chi connectivity index (χ4n) is 0.659. The van der Waals surface area contributed by atoms with Crippen molar-refractivity contribution in [3.8, 4) is 0 Å². The summed E-state index contributed by atoms with van der Waals surface area (Å²) >= 11 is 3.16. The maximum Gasteiger partial charge on any atom is 0.243 e. The molecule has 3 nitrogen and oxygen atoms in total. The average molecular weight is 230 g/mol. The molecule has 0 aromatic carbocycles. The van der Waals surface area contributed by atoms with Gasteiger partial charge in [-0.2, -0.15) is 0 Å². The summed E-state index contributed by atoms with van der Waals surface area (Å²) in [5, 5.41) is 2.46. The van der Waals surface area contributed by atoms with Gasteiger partial charge in [0.15, 0.2) is 4.67 Å². The molecule has 12 heavy (non-hydrogen) atoms. The molecule has 0 aliphatic rings. The highest BCUT2D eigenvalue weighted by Crippen LogP contribution is 2.14. The summed E-state index contributed by atoms with van der Waals surface area (Å²) in [4.78, 5) is 10.7. The lowest BCUT2D eigenvalue weighted by atomic mass is 10.4. The van der Waals surface area contributed by atoms with E-state index in [0.717, 1.165) is 0 Å². The van der Waals surface area contributed by atoms with E-state index in [4.69, 9.17) is 4.42 Å². The monoisotopic (exact) mass is 229 g/mol. The number of nitrogens with one attached hydrogen (secondary N) is 1. The number of hydrogen-bond acceptors (Lipinski definition) is 2. The summed E-state index contributed by atoms with van der Waals surface area (Å²) in [5.41, 5.74) is 0. The summed E-state index contributed by atoms with van der Waals surface area (Å²) < 4.78 is 5.78. The minimum Gasteiger partial charge on any atom is -0.450 e. The second-order valence-electron chi connectivity index (χ2n) is 2.09. The predicted octanol–water partition coefficient (Wildman–Crippen LogP) is 1.80. The summed E-state index contributed by atoms with van der Waals surface area (Å²) in [7, 11) is 1.57. The molecule has 0 unspecified atom stereocenters. The molecule has 64 valence electrons. The Labute approximate surface area is 78.6 Å². The molecule has 1 amide bonds. The second kappa shape index (κ2) is 4.11. The van der Waals surface area contributed by atoms with Crippen LogP contribution in [0.2, 0.25) is 0 Å². The Balaban J connectivity index is 2.63. The van der Waals surface area contributed by atoms with E-state index >= 15 is 0 Å². The molecule has 0 aliphatic carbocycles. The van der Waals surface area contributed by atoms with Crippen LogP contribution in [0.4, 0.5) is 0 Å². The lowest BCUT2D eigenvalue weighted by Gasteiger charge is -1.87. The molecule has 0 spiro atoms. The highest BCUT2D eigenvalue weighted by molar-refractivity contribution is 9.10. The van der Waals surface area contributed by atoms with Crippen LogP contribution in [0.15, 0.2) is 27.3 Å². The number of hydrogen-bond donors (Lipinski definition) is 1. The first kappa shape index (κ1) is 9.06. The lowest BCUT2D eigenvalue weighted by Crippen LogP contribution is -2.13. The highest BCUT2D eigenvalue weighted by Gasteiger charge is 1.94. The van der Waals surface area contributed by atoms with Gasteiger partial charge in [-0.15, -0.1) is 0 Å². The fraction of sp³-hybridized carbons (Fsp3) is 0.125. The third kappa shape index (κ3) is 2.54. The van der Waals surface area contributed by atoms with Gasteiger partial charge in [0, 0.05) is 13.1 Å². The van der Waals surface area contributed by atoms with E-state index in [-0.39, 0.29) is 5.91 Å². The van der Waals surface area contributed by atoms with E-state index in [1.54, 1.807) is 25.3 Å². The predicted molar refractivity (Wildman–Crippen MR) is 49.5 cm³/mol. The van der Waals surface area contributed by atoms with Gasteiger partial charge in [0.25, 0.3) is 0 Å². The van der Waals surface area contributed by atoms with Crippen molar-refractivity contribution >= 4 is 27.9 Å². The molecular weight excluding hydrogens is 222 g/mol. The summed E-state index contributed by atoms with van der Waals surface area (Å²) in [6.45, 7) is 0. The zero-order valence-corrected chi connectivity index (χ0v) is 8.09. The molecule has 1 rings (SSSR count). The van der Waals surface area contributed by atoms with E-state index in [1.165, 1.54) is 6.08 Å². The number of furan rings is 1. The van der Waals surface area contributed by atoms with Gasteiger partial charge in [0.1, 0.15) is 5.76 Å². The summed E-state index contributed by atoms with van der Waals surface area (Å²) in [6.07, 6.45) is 3.01. The van der Waals surface area contributed by atoms with Crippen LogP contribution in [0, 0.1) is 0 Å². The van der Waals surface area contributed by atoms with Crippen LogP contribution < -0.4 is 5.32 Å². The van der Waals surface area contributed by atoms with Gasteiger partial charge >= 0.3 is 0 Å². The Morgan fingerprint density at radius 3 is 2.92 bits per heavy atom. The lowest BCUT2D eigenvalue weighted by molar-refractivity contribution is -0.115. The largest absolute Gasteiger partial charge is 0.450 e. The first-order chi connectivity index (χ1) is 5.72. The van der Waals surface area contributed by atoms with Crippen LogP contribution in [-0.4, -0.2) is 13.0 Å². The summed E-state index contributed by atoms with van der Waals surface area (Å²) in [6, 6.07) is 3.53. The molecule has 4 heteroatoms. The van der Waals surface area contributed by atoms with Gasteiger partial charge in [-0.05, 0) is 34.1 Å². The molecule has 1 heterocycles. The van der Waals surface area contributed by atoms with Gasteiger partial charge in [-0.3, -0.25) is 4.79 Å². The number of halogens is 1. The molecule has 1 aromatic heterocycles. The average Bonchev–Trinajstić information content (AvgIpc) is 2.47. The third-order valence-corrected chi connectivity index (χ3v) is 1.67. The van der Waals surface area contributed by atoms with E-state index < -0.39 is 0 Å². The highest BCUT2D eigenvalue weighted by atomic mass is 79.9. The molecule has 0 saturated heterocycles. The zero-order valence-electron chi connectivity index (χ0n) is 6.50. The smallest absolute Gasteiger partial charge is 0.243 e. The standard InChI is InChI=1S/C8H8BrNO2/c1-10-8(11)5-3-6-2-4-7(9)12-6/h2-5H,1H3,(H,10,11). The molecule has 0 aliphatic heterocycles. The second-order valence-corrected chi connectivity index (χ2v) is 2.87. The van der Waals surface area contributed by atoms with Crippen molar-refractivity contribution in [2.45, 2.75) is 0 Å². The molecule has 0 atom stereocenters. The van der Waals surface area contributed by atoms with Gasteiger partial charge in [-0.1, -0.05) is 0 Å². The van der Waals surface area contributed by atoms with Crippen LogP contribution in [0.1, 0.15) is 5.76 Å². The number of likely N-dealkylation sites (N-methyl/N-ethyl adjacent to an activating group) is 1. The van der Waals surface area contributed by atoms with E-state index in [1.807, 2.05) is 0 Å². The van der Waals surface area contributed by atoms with E-state index in [0.29, 0.717) is 10.4 Å². The number of rotatable bonds is 2. The quantitative estimate of drug-likeness (QED) is 0.787. The van der Waals surface area contributed by atoms with Crippen molar-refractivity contribution < 1.29 is 9.21 Å². The topological polar surface area (TPSA) is 42.2 Å². The Hall–Kier alpha value is -1.03. The molecule has 1 aromatic rings. The van der Waals surface area contributed by atoms with Crippen LogP contribution in [0.25, 0.3) is 6.08 Å². The maximum atomic E-state index is 10.7. The van der Waals surface area contributed by atoms with Gasteiger partial charge in [0.05, 0.1) is 0 Å². The van der Waals surface area contributed by atoms with Crippen LogP contribution >= 0.6 is 15.9 Å². The van der Waals surface area contributed by atoms with Crippen molar-refractivity contribution in [1.82, 2.24) is 5.32 Å². The SMILES string of the molecule is CNC(=O)C=Cc1ccc(Br)o1. The first-order valence-corrected chi connectivity index (χ1v) is 4.17. The minimum absolute atomic E-state index is 0.150. The van der Waals surface area contributed by atoms with E-state index in [9.17, 15) is 4.79 Å². The summed E-state index contributed by atoms with van der Waals surface area (Å²) in [5.74, 6) is 0.494. The molecule has 0 saturated carbocycles. The Morgan fingerprint density at radius 1 is 1.67 bits per heavy atom. The fourth-order valence-corrected chi connectivity index (χ4v) is 0.978. The van der Waals surface area contributed by atoms with E-state index in [2.05, 4.69) is 21.2 Å². The third-order valence-electron chi connectivity index (χ3n) is 1.24. The van der Waals surface area contributed by atoms with Crippen LogP contribution in [0.5, 0.6) is 0 Å². The molecule has 0 fully saturated rings. The maximum absolute atomic E-state index is 10.7. The minimum atomic E-state index is -0.150. The molecular formula is C8H8BrNO2. The van der Waals surface area contributed by atoms with Gasteiger partial charge < -0.3 is 9.73 Å². The Kier molecular flexibility index (Phi) is 3.10. The number of carbonyl (C=O) groups is 1. The van der Waals surface area contributed by atoms with Gasteiger partial charge in [0.2, 0.25) is 5.91 Å². The normalized spacial score (nSPS) is 10.5. The molecule has 1 N–H and O–H groups in total. The van der Waals surface area contributed by atoms with Crippen molar-refractivity contribution in [2.24, 2.45) is 0 Å². The number of carbonyl (C=O) groups excluding carboxylic acids is 1.